The number of carbonyl (C=O) groups excluding carboxylic acids is 1. The topological polar surface area (TPSA) is 41.6 Å². The van der Waals surface area contributed by atoms with Crippen LogP contribution in [-0.4, -0.2) is 29.6 Å². The number of rotatable bonds is 2. The molecule has 2 aliphatic rings. The summed E-state index contributed by atoms with van der Waals surface area (Å²) in [6.07, 6.45) is 1.61. The molecule has 2 aliphatic heterocycles. The largest absolute Gasteiger partial charge is 0.467 e. The van der Waals surface area contributed by atoms with Gasteiger partial charge >= 0.3 is 0 Å². The third kappa shape index (κ3) is 2.78. The number of fused-ring (bicyclic) bond motifs is 1. The number of likely N-dealkylation sites (tertiary alicyclic amines) is 1. The maximum atomic E-state index is 12.4. The lowest BCUT2D eigenvalue weighted by atomic mass is 9.96. The van der Waals surface area contributed by atoms with Gasteiger partial charge in [0.1, 0.15) is 5.75 Å². The summed E-state index contributed by atoms with van der Waals surface area (Å²) in [7, 11) is 0. The molecule has 1 spiro atoms. The summed E-state index contributed by atoms with van der Waals surface area (Å²) in [6.45, 7) is 4.93. The van der Waals surface area contributed by atoms with Gasteiger partial charge in [-0.15, -0.1) is 0 Å². The fourth-order valence-electron chi connectivity index (χ4n) is 3.58. The first-order chi connectivity index (χ1) is 11.7. The molecule has 2 aromatic rings. The van der Waals surface area contributed by atoms with Crippen molar-refractivity contribution in [3.05, 3.63) is 65.2 Å². The van der Waals surface area contributed by atoms with Crippen LogP contribution in [-0.2, 0) is 6.54 Å². The average molecular weight is 322 g/mol. The van der Waals surface area contributed by atoms with E-state index < -0.39 is 5.72 Å². The molecule has 0 bridgehead atoms. The van der Waals surface area contributed by atoms with E-state index in [2.05, 4.69) is 41.4 Å². The van der Waals surface area contributed by atoms with Gasteiger partial charge < -0.3 is 10.1 Å². The maximum Gasteiger partial charge on any atom is 0.258 e. The van der Waals surface area contributed by atoms with Gasteiger partial charge in [-0.3, -0.25) is 9.69 Å². The van der Waals surface area contributed by atoms with Gasteiger partial charge in [0.25, 0.3) is 5.91 Å². The van der Waals surface area contributed by atoms with Crippen LogP contribution in [0.2, 0.25) is 0 Å². The highest BCUT2D eigenvalue weighted by Gasteiger charge is 2.42. The van der Waals surface area contributed by atoms with E-state index in [9.17, 15) is 4.79 Å². The summed E-state index contributed by atoms with van der Waals surface area (Å²) in [5.41, 5.74) is 2.78. The number of amides is 1. The zero-order valence-electron chi connectivity index (χ0n) is 13.9. The van der Waals surface area contributed by atoms with Crippen LogP contribution in [0.15, 0.2) is 48.5 Å². The van der Waals surface area contributed by atoms with Crippen LogP contribution in [0.25, 0.3) is 0 Å². The molecular formula is C20H22N2O2. The second-order valence-corrected chi connectivity index (χ2v) is 6.75. The van der Waals surface area contributed by atoms with E-state index in [0.717, 1.165) is 32.5 Å². The van der Waals surface area contributed by atoms with Crippen LogP contribution in [0, 0.1) is 6.92 Å². The third-order valence-corrected chi connectivity index (χ3v) is 5.10. The Kier molecular flexibility index (Phi) is 3.77. The average Bonchev–Trinajstić information content (AvgIpc) is 2.59. The molecule has 24 heavy (non-hydrogen) atoms. The maximum absolute atomic E-state index is 12.4. The highest BCUT2D eigenvalue weighted by molar-refractivity contribution is 5.98. The highest BCUT2D eigenvalue weighted by Crippen LogP contribution is 2.33. The third-order valence-electron chi connectivity index (χ3n) is 5.10. The van der Waals surface area contributed by atoms with Crippen LogP contribution in [0.1, 0.15) is 34.3 Å². The number of nitrogens with zero attached hydrogens (tertiary/aromatic N) is 1. The molecule has 0 aromatic heterocycles. The van der Waals surface area contributed by atoms with Crippen molar-refractivity contribution >= 4 is 5.91 Å². The molecule has 0 unspecified atom stereocenters. The minimum absolute atomic E-state index is 0.0239. The van der Waals surface area contributed by atoms with Crippen molar-refractivity contribution < 1.29 is 9.53 Å². The minimum atomic E-state index is -0.548. The number of nitrogens with one attached hydrogen (secondary N) is 1. The Hall–Kier alpha value is -2.33. The van der Waals surface area contributed by atoms with E-state index in [1.165, 1.54) is 11.1 Å². The first kappa shape index (κ1) is 15.2. The lowest BCUT2D eigenvalue weighted by molar-refractivity contribution is -0.0304. The summed E-state index contributed by atoms with van der Waals surface area (Å²) in [6, 6.07) is 16.0. The molecule has 4 heteroatoms. The molecule has 1 saturated heterocycles. The lowest BCUT2D eigenvalue weighted by Crippen LogP contribution is -2.60. The molecule has 1 amide bonds. The van der Waals surface area contributed by atoms with Crippen molar-refractivity contribution in [2.45, 2.75) is 32.0 Å². The molecule has 0 atom stereocenters. The second kappa shape index (κ2) is 5.95. The van der Waals surface area contributed by atoms with Gasteiger partial charge in [0, 0.05) is 32.5 Å². The van der Waals surface area contributed by atoms with Gasteiger partial charge in [0.2, 0.25) is 0 Å². The fraction of sp³-hybridized carbons (Fsp3) is 0.350. The Morgan fingerprint density at radius 3 is 2.58 bits per heavy atom. The number of hydrogen-bond acceptors (Lipinski definition) is 3. The van der Waals surface area contributed by atoms with Crippen molar-refractivity contribution in [2.24, 2.45) is 0 Å². The summed E-state index contributed by atoms with van der Waals surface area (Å²) in [5.74, 6) is 0.679. The molecular weight excluding hydrogens is 300 g/mol. The van der Waals surface area contributed by atoms with Crippen LogP contribution >= 0.6 is 0 Å². The van der Waals surface area contributed by atoms with E-state index in [-0.39, 0.29) is 5.91 Å². The monoisotopic (exact) mass is 322 g/mol. The number of ether oxygens (including phenoxy) is 1. The van der Waals surface area contributed by atoms with Crippen LogP contribution in [0.3, 0.4) is 0 Å². The summed E-state index contributed by atoms with van der Waals surface area (Å²) >= 11 is 0. The molecule has 1 fully saturated rings. The second-order valence-electron chi connectivity index (χ2n) is 6.75. The first-order valence-corrected chi connectivity index (χ1v) is 8.53. The van der Waals surface area contributed by atoms with Gasteiger partial charge in [-0.2, -0.15) is 0 Å². The van der Waals surface area contributed by atoms with Crippen molar-refractivity contribution in [1.29, 1.82) is 0 Å². The SMILES string of the molecule is Cc1ccccc1CN1CCC2(CC1)NC(=O)c1ccccc1O2. The molecule has 4 nitrogen and oxygen atoms in total. The van der Waals surface area contributed by atoms with Crippen molar-refractivity contribution in [3.63, 3.8) is 0 Å². The molecule has 0 aliphatic carbocycles. The molecule has 0 saturated carbocycles. The predicted octanol–water partition coefficient (Wildman–Crippen LogP) is 3.11. The standard InChI is InChI=1S/C20H22N2O2/c1-15-6-2-3-7-16(15)14-22-12-10-20(11-13-22)21-19(23)17-8-4-5-9-18(17)24-20/h2-9H,10-14H2,1H3,(H,21,23). The number of para-hydroxylation sites is 1. The Morgan fingerprint density at radius 2 is 1.79 bits per heavy atom. The van der Waals surface area contributed by atoms with Crippen molar-refractivity contribution in [2.75, 3.05) is 13.1 Å². The summed E-state index contributed by atoms with van der Waals surface area (Å²) < 4.78 is 6.19. The molecule has 1 N–H and O–H groups in total. The van der Waals surface area contributed by atoms with E-state index in [1.807, 2.05) is 24.3 Å². The Bertz CT molecular complexity index is 764. The van der Waals surface area contributed by atoms with Gasteiger partial charge in [0.15, 0.2) is 5.72 Å². The zero-order chi connectivity index (χ0) is 16.6. The minimum Gasteiger partial charge on any atom is -0.467 e. The van der Waals surface area contributed by atoms with Crippen LogP contribution in [0.5, 0.6) is 5.75 Å². The number of aryl methyl sites for hydroxylation is 1. The number of benzene rings is 2. The Balaban J connectivity index is 1.45. The van der Waals surface area contributed by atoms with Gasteiger partial charge in [-0.25, -0.2) is 0 Å². The molecule has 0 radical (unpaired) electrons. The zero-order valence-corrected chi connectivity index (χ0v) is 13.9. The number of carbonyl (C=O) groups is 1. The number of piperidine rings is 1. The predicted molar refractivity (Wildman–Crippen MR) is 93.0 cm³/mol. The molecule has 4 rings (SSSR count). The lowest BCUT2D eigenvalue weighted by Gasteiger charge is -2.44. The smallest absolute Gasteiger partial charge is 0.258 e. The fourth-order valence-corrected chi connectivity index (χ4v) is 3.58. The molecule has 2 aromatic carbocycles. The van der Waals surface area contributed by atoms with Gasteiger partial charge in [-0.05, 0) is 30.2 Å². The highest BCUT2D eigenvalue weighted by atomic mass is 16.5. The van der Waals surface area contributed by atoms with Crippen LogP contribution in [0.4, 0.5) is 0 Å². The van der Waals surface area contributed by atoms with Crippen LogP contribution < -0.4 is 10.1 Å². The van der Waals surface area contributed by atoms with Gasteiger partial charge in [-0.1, -0.05) is 36.4 Å². The summed E-state index contributed by atoms with van der Waals surface area (Å²) in [5, 5.41) is 3.10. The quantitative estimate of drug-likeness (QED) is 0.924. The van der Waals surface area contributed by atoms with Gasteiger partial charge in [0.05, 0.1) is 5.56 Å². The Labute approximate surface area is 142 Å². The van der Waals surface area contributed by atoms with E-state index >= 15 is 0 Å². The van der Waals surface area contributed by atoms with E-state index in [1.54, 1.807) is 0 Å². The van der Waals surface area contributed by atoms with Crippen molar-refractivity contribution in [1.82, 2.24) is 10.2 Å². The normalized spacial score (nSPS) is 19.5. The first-order valence-electron chi connectivity index (χ1n) is 8.53. The molecule has 124 valence electrons. The van der Waals surface area contributed by atoms with E-state index in [0.29, 0.717) is 11.3 Å². The molecule has 2 heterocycles. The number of hydrogen-bond donors (Lipinski definition) is 1. The van der Waals surface area contributed by atoms with E-state index in [4.69, 9.17) is 4.74 Å². The Morgan fingerprint density at radius 1 is 1.08 bits per heavy atom. The van der Waals surface area contributed by atoms with Crippen molar-refractivity contribution in [3.8, 4) is 5.75 Å². The summed E-state index contributed by atoms with van der Waals surface area (Å²) in [4.78, 5) is 14.8.